The lowest BCUT2D eigenvalue weighted by Crippen LogP contribution is -2.42. The Morgan fingerprint density at radius 2 is 1.62 bits per heavy atom. The van der Waals surface area contributed by atoms with Crippen LogP contribution >= 0.6 is 0 Å². The lowest BCUT2D eigenvalue weighted by molar-refractivity contribution is 0.0377. The van der Waals surface area contributed by atoms with E-state index in [9.17, 15) is 0 Å². The highest BCUT2D eigenvalue weighted by Gasteiger charge is 2.10. The first-order valence-electron chi connectivity index (χ1n) is 9.93. The molecular weight excluding hydrogens is 302 g/mol. The number of ether oxygens (including phenoxy) is 1. The molecule has 0 unspecified atom stereocenters. The zero-order chi connectivity index (χ0) is 16.9. The van der Waals surface area contributed by atoms with Crippen LogP contribution in [0.2, 0.25) is 0 Å². The number of aliphatic imine (C=N–C) groups is 1. The molecule has 2 aliphatic heterocycles. The van der Waals surface area contributed by atoms with Crippen LogP contribution in [0.25, 0.3) is 0 Å². The Bertz CT molecular complexity index is 336. The minimum Gasteiger partial charge on any atom is -0.379 e. The zero-order valence-corrected chi connectivity index (χ0v) is 15.6. The van der Waals surface area contributed by atoms with Crippen LogP contribution in [0.4, 0.5) is 0 Å². The SMILES string of the molecule is CCNC(=NCCCN1CCOCC1)NCCN1CCCCCC1. The summed E-state index contributed by atoms with van der Waals surface area (Å²) in [6.45, 7) is 13.6. The molecular formula is C18H37N5O. The first-order chi connectivity index (χ1) is 11.9. The van der Waals surface area contributed by atoms with Gasteiger partial charge in [0.05, 0.1) is 13.2 Å². The highest BCUT2D eigenvalue weighted by atomic mass is 16.5. The number of nitrogens with one attached hydrogen (secondary N) is 2. The largest absolute Gasteiger partial charge is 0.379 e. The van der Waals surface area contributed by atoms with E-state index in [-0.39, 0.29) is 0 Å². The van der Waals surface area contributed by atoms with Crippen LogP contribution in [0.1, 0.15) is 39.0 Å². The predicted octanol–water partition coefficient (Wildman–Crippen LogP) is 1.14. The maximum absolute atomic E-state index is 5.39. The molecule has 0 spiro atoms. The normalized spacial score (nSPS) is 21.5. The maximum Gasteiger partial charge on any atom is 0.191 e. The molecule has 2 rings (SSSR count). The highest BCUT2D eigenvalue weighted by molar-refractivity contribution is 5.79. The van der Waals surface area contributed by atoms with E-state index in [1.165, 1.54) is 38.8 Å². The molecule has 6 nitrogen and oxygen atoms in total. The Morgan fingerprint density at radius 3 is 2.33 bits per heavy atom. The van der Waals surface area contributed by atoms with E-state index in [4.69, 9.17) is 9.73 Å². The summed E-state index contributed by atoms with van der Waals surface area (Å²) in [5, 5.41) is 6.85. The van der Waals surface area contributed by atoms with E-state index in [1.54, 1.807) is 0 Å². The van der Waals surface area contributed by atoms with Crippen molar-refractivity contribution in [3.8, 4) is 0 Å². The van der Waals surface area contributed by atoms with Crippen LogP contribution < -0.4 is 10.6 Å². The van der Waals surface area contributed by atoms with Crippen molar-refractivity contribution in [2.75, 3.05) is 72.1 Å². The summed E-state index contributed by atoms with van der Waals surface area (Å²) in [6, 6.07) is 0. The average molecular weight is 340 g/mol. The topological polar surface area (TPSA) is 52.1 Å². The van der Waals surface area contributed by atoms with Gasteiger partial charge in [-0.05, 0) is 39.3 Å². The van der Waals surface area contributed by atoms with Crippen molar-refractivity contribution >= 4 is 5.96 Å². The Labute approximate surface area is 148 Å². The van der Waals surface area contributed by atoms with Gasteiger partial charge in [-0.25, -0.2) is 0 Å². The lowest BCUT2D eigenvalue weighted by atomic mass is 10.2. The van der Waals surface area contributed by atoms with Gasteiger partial charge >= 0.3 is 0 Å². The first kappa shape index (κ1) is 19.5. The Kier molecular flexibility index (Phi) is 10.1. The molecule has 0 aromatic rings. The number of hydrogen-bond acceptors (Lipinski definition) is 4. The Hall–Kier alpha value is -0.850. The third kappa shape index (κ3) is 8.31. The number of guanidine groups is 1. The van der Waals surface area contributed by atoms with E-state index < -0.39 is 0 Å². The van der Waals surface area contributed by atoms with Gasteiger partial charge in [-0.1, -0.05) is 12.8 Å². The number of rotatable bonds is 8. The second kappa shape index (κ2) is 12.5. The van der Waals surface area contributed by atoms with Gasteiger partial charge in [-0.3, -0.25) is 9.89 Å². The molecule has 0 aliphatic carbocycles. The lowest BCUT2D eigenvalue weighted by Gasteiger charge is -2.26. The second-order valence-electron chi connectivity index (χ2n) is 6.75. The van der Waals surface area contributed by atoms with E-state index in [0.29, 0.717) is 0 Å². The first-order valence-corrected chi connectivity index (χ1v) is 9.93. The summed E-state index contributed by atoms with van der Waals surface area (Å²) < 4.78 is 5.39. The van der Waals surface area contributed by atoms with E-state index in [2.05, 4.69) is 27.4 Å². The van der Waals surface area contributed by atoms with Crippen molar-refractivity contribution in [1.82, 2.24) is 20.4 Å². The van der Waals surface area contributed by atoms with Gasteiger partial charge in [0, 0.05) is 45.8 Å². The van der Waals surface area contributed by atoms with Gasteiger partial charge in [-0.15, -0.1) is 0 Å². The molecule has 0 bridgehead atoms. The van der Waals surface area contributed by atoms with Crippen LogP contribution in [0, 0.1) is 0 Å². The van der Waals surface area contributed by atoms with Crippen molar-refractivity contribution in [2.24, 2.45) is 4.99 Å². The molecule has 2 aliphatic rings. The van der Waals surface area contributed by atoms with Crippen LogP contribution in [0.5, 0.6) is 0 Å². The number of nitrogens with zero attached hydrogens (tertiary/aromatic N) is 3. The average Bonchev–Trinajstić information content (AvgIpc) is 2.88. The van der Waals surface area contributed by atoms with Crippen LogP contribution in [0.3, 0.4) is 0 Å². The van der Waals surface area contributed by atoms with Gasteiger partial charge in [0.1, 0.15) is 0 Å². The molecule has 0 aromatic heterocycles. The van der Waals surface area contributed by atoms with E-state index >= 15 is 0 Å². The van der Waals surface area contributed by atoms with Gasteiger partial charge in [0.2, 0.25) is 0 Å². The van der Waals surface area contributed by atoms with E-state index in [0.717, 1.165) is 71.4 Å². The molecule has 24 heavy (non-hydrogen) atoms. The monoisotopic (exact) mass is 339 g/mol. The standard InChI is InChI=1S/C18H37N5O/c1-2-19-18(20-8-7-12-23-14-16-24-17-15-23)21-9-13-22-10-5-3-4-6-11-22/h2-17H2,1H3,(H2,19,20,21). The molecule has 2 saturated heterocycles. The van der Waals surface area contributed by atoms with Crippen LogP contribution in [-0.4, -0.2) is 87.9 Å². The van der Waals surface area contributed by atoms with Crippen molar-refractivity contribution in [3.05, 3.63) is 0 Å². The van der Waals surface area contributed by atoms with Crippen molar-refractivity contribution in [1.29, 1.82) is 0 Å². The number of morpholine rings is 1. The minimum absolute atomic E-state index is 0.879. The van der Waals surface area contributed by atoms with Gasteiger partial charge < -0.3 is 20.3 Å². The van der Waals surface area contributed by atoms with Crippen molar-refractivity contribution in [2.45, 2.75) is 39.0 Å². The van der Waals surface area contributed by atoms with Crippen molar-refractivity contribution < 1.29 is 4.74 Å². The zero-order valence-electron chi connectivity index (χ0n) is 15.6. The molecule has 0 amide bonds. The van der Waals surface area contributed by atoms with Gasteiger partial charge in [-0.2, -0.15) is 0 Å². The highest BCUT2D eigenvalue weighted by Crippen LogP contribution is 2.08. The predicted molar refractivity (Wildman–Crippen MR) is 101 cm³/mol. The van der Waals surface area contributed by atoms with Crippen LogP contribution in [0.15, 0.2) is 4.99 Å². The molecule has 6 heteroatoms. The maximum atomic E-state index is 5.39. The smallest absolute Gasteiger partial charge is 0.191 e. The molecule has 0 saturated carbocycles. The summed E-state index contributed by atoms with van der Waals surface area (Å²) in [5.41, 5.74) is 0. The third-order valence-corrected chi connectivity index (χ3v) is 4.77. The molecule has 0 radical (unpaired) electrons. The summed E-state index contributed by atoms with van der Waals surface area (Å²) in [6.07, 6.45) is 6.63. The summed E-state index contributed by atoms with van der Waals surface area (Å²) in [4.78, 5) is 9.77. The van der Waals surface area contributed by atoms with Gasteiger partial charge in [0.15, 0.2) is 5.96 Å². The molecule has 2 heterocycles. The van der Waals surface area contributed by atoms with Crippen molar-refractivity contribution in [3.63, 3.8) is 0 Å². The molecule has 140 valence electrons. The molecule has 2 N–H and O–H groups in total. The van der Waals surface area contributed by atoms with Gasteiger partial charge in [0.25, 0.3) is 0 Å². The summed E-state index contributed by atoms with van der Waals surface area (Å²) in [7, 11) is 0. The second-order valence-corrected chi connectivity index (χ2v) is 6.75. The number of likely N-dealkylation sites (tertiary alicyclic amines) is 1. The van der Waals surface area contributed by atoms with Crippen LogP contribution in [-0.2, 0) is 4.74 Å². The molecule has 2 fully saturated rings. The number of hydrogen-bond donors (Lipinski definition) is 2. The molecule has 0 atom stereocenters. The minimum atomic E-state index is 0.879. The summed E-state index contributed by atoms with van der Waals surface area (Å²) >= 11 is 0. The Morgan fingerprint density at radius 1 is 0.917 bits per heavy atom. The third-order valence-electron chi connectivity index (χ3n) is 4.77. The fourth-order valence-electron chi connectivity index (χ4n) is 3.34. The van der Waals surface area contributed by atoms with E-state index in [1.807, 2.05) is 0 Å². The quantitative estimate of drug-likeness (QED) is 0.395. The summed E-state index contributed by atoms with van der Waals surface area (Å²) in [5.74, 6) is 0.967. The fourth-order valence-corrected chi connectivity index (χ4v) is 3.34. The Balaban J connectivity index is 1.60. The molecule has 0 aromatic carbocycles. The fraction of sp³-hybridized carbons (Fsp3) is 0.944.